The number of esters is 1. The standard InChI is InChI=1S/C25H24N4O4S/c1-4-33-24(31)22-16(2)26-25(34-22)27-23(30)20-15-29(14-17-8-6-5-7-9-17)28-21(20)18-10-12-19(32-3)13-11-18/h5-13,15H,4,14H2,1-3H3,(H,26,27,30). The molecule has 8 nitrogen and oxygen atoms in total. The maximum absolute atomic E-state index is 13.3. The molecule has 9 heteroatoms. The highest BCUT2D eigenvalue weighted by Crippen LogP contribution is 2.28. The Morgan fingerprint density at radius 3 is 2.50 bits per heavy atom. The van der Waals surface area contributed by atoms with Gasteiger partial charge in [0.2, 0.25) is 0 Å². The molecule has 2 aromatic carbocycles. The summed E-state index contributed by atoms with van der Waals surface area (Å²) in [4.78, 5) is 30.1. The number of aryl methyl sites for hydroxylation is 1. The first-order valence-corrected chi connectivity index (χ1v) is 11.5. The molecule has 0 fully saturated rings. The number of benzene rings is 2. The van der Waals surface area contributed by atoms with E-state index in [0.29, 0.717) is 39.3 Å². The number of nitrogens with zero attached hydrogens (tertiary/aromatic N) is 3. The van der Waals surface area contributed by atoms with Gasteiger partial charge in [0.15, 0.2) is 5.13 Å². The number of carbonyl (C=O) groups excluding carboxylic acids is 2. The minimum Gasteiger partial charge on any atom is -0.497 e. The lowest BCUT2D eigenvalue weighted by atomic mass is 10.1. The lowest BCUT2D eigenvalue weighted by Gasteiger charge is -2.04. The fraction of sp³-hybridized carbons (Fsp3) is 0.200. The molecule has 0 aliphatic heterocycles. The number of amides is 1. The van der Waals surface area contributed by atoms with Crippen molar-refractivity contribution < 1.29 is 19.1 Å². The van der Waals surface area contributed by atoms with Gasteiger partial charge in [-0.3, -0.25) is 14.8 Å². The van der Waals surface area contributed by atoms with Crippen LogP contribution in [0.2, 0.25) is 0 Å². The maximum Gasteiger partial charge on any atom is 0.350 e. The third kappa shape index (κ3) is 5.15. The number of nitrogens with one attached hydrogen (secondary N) is 1. The van der Waals surface area contributed by atoms with E-state index in [1.807, 2.05) is 54.6 Å². The Kier molecular flexibility index (Phi) is 7.03. The van der Waals surface area contributed by atoms with Crippen LogP contribution in [0.3, 0.4) is 0 Å². The molecule has 174 valence electrons. The van der Waals surface area contributed by atoms with Crippen LogP contribution in [0, 0.1) is 6.92 Å². The van der Waals surface area contributed by atoms with Crippen LogP contribution in [-0.2, 0) is 11.3 Å². The summed E-state index contributed by atoms with van der Waals surface area (Å²) in [6.07, 6.45) is 1.72. The molecule has 2 aromatic heterocycles. The molecule has 0 aliphatic carbocycles. The van der Waals surface area contributed by atoms with Crippen LogP contribution >= 0.6 is 11.3 Å². The van der Waals surface area contributed by atoms with Gasteiger partial charge in [0.25, 0.3) is 5.91 Å². The van der Waals surface area contributed by atoms with Gasteiger partial charge in [-0.15, -0.1) is 0 Å². The zero-order valence-corrected chi connectivity index (χ0v) is 19.9. The summed E-state index contributed by atoms with van der Waals surface area (Å²) in [5.74, 6) is -0.106. The first kappa shape index (κ1) is 23.2. The molecule has 4 aromatic rings. The zero-order chi connectivity index (χ0) is 24.1. The SMILES string of the molecule is CCOC(=O)c1sc(NC(=O)c2cn(Cc3ccccc3)nc2-c2ccc(OC)cc2)nc1C. The average Bonchev–Trinajstić information content (AvgIpc) is 3.43. The molecule has 0 atom stereocenters. The third-order valence-corrected chi connectivity index (χ3v) is 6.09. The summed E-state index contributed by atoms with van der Waals surface area (Å²) in [6.45, 7) is 4.23. The van der Waals surface area contributed by atoms with Crippen LogP contribution in [0.25, 0.3) is 11.3 Å². The molecule has 0 saturated heterocycles. The largest absolute Gasteiger partial charge is 0.497 e. The number of hydrogen-bond donors (Lipinski definition) is 1. The molecule has 1 N–H and O–H groups in total. The summed E-state index contributed by atoms with van der Waals surface area (Å²) >= 11 is 1.09. The first-order chi connectivity index (χ1) is 16.5. The number of methoxy groups -OCH3 is 1. The highest BCUT2D eigenvalue weighted by molar-refractivity contribution is 7.17. The van der Waals surface area contributed by atoms with Gasteiger partial charge in [-0.25, -0.2) is 9.78 Å². The van der Waals surface area contributed by atoms with Crippen LogP contribution in [0.15, 0.2) is 60.8 Å². The smallest absolute Gasteiger partial charge is 0.350 e. The number of hydrogen-bond acceptors (Lipinski definition) is 7. The lowest BCUT2D eigenvalue weighted by molar-refractivity contribution is 0.0531. The predicted octanol–water partition coefficient (Wildman–Crippen LogP) is 4.80. The molecule has 1 amide bonds. The molecule has 0 aliphatic rings. The van der Waals surface area contributed by atoms with Gasteiger partial charge in [-0.1, -0.05) is 41.7 Å². The molecular weight excluding hydrogens is 452 g/mol. The van der Waals surface area contributed by atoms with Gasteiger partial charge < -0.3 is 9.47 Å². The van der Waals surface area contributed by atoms with E-state index in [4.69, 9.17) is 14.6 Å². The second-order valence-corrected chi connectivity index (χ2v) is 8.41. The van der Waals surface area contributed by atoms with Gasteiger partial charge in [0, 0.05) is 11.8 Å². The highest BCUT2D eigenvalue weighted by Gasteiger charge is 2.22. The second kappa shape index (κ2) is 10.3. The van der Waals surface area contributed by atoms with E-state index < -0.39 is 5.97 Å². The normalized spacial score (nSPS) is 10.7. The Hall–Kier alpha value is -3.98. The Morgan fingerprint density at radius 2 is 1.82 bits per heavy atom. The van der Waals surface area contributed by atoms with E-state index in [1.165, 1.54) is 0 Å². The van der Waals surface area contributed by atoms with Crippen molar-refractivity contribution in [2.45, 2.75) is 20.4 Å². The van der Waals surface area contributed by atoms with E-state index in [2.05, 4.69) is 10.3 Å². The second-order valence-electron chi connectivity index (χ2n) is 7.41. The van der Waals surface area contributed by atoms with Gasteiger partial charge in [0.1, 0.15) is 16.3 Å². The van der Waals surface area contributed by atoms with Crippen molar-refractivity contribution in [1.82, 2.24) is 14.8 Å². The Balaban J connectivity index is 1.65. The van der Waals surface area contributed by atoms with Crippen molar-refractivity contribution in [2.24, 2.45) is 0 Å². The van der Waals surface area contributed by atoms with Crippen molar-refractivity contribution in [1.29, 1.82) is 0 Å². The van der Waals surface area contributed by atoms with E-state index >= 15 is 0 Å². The minimum atomic E-state index is -0.451. The summed E-state index contributed by atoms with van der Waals surface area (Å²) in [6, 6.07) is 17.2. The van der Waals surface area contributed by atoms with Gasteiger partial charge in [-0.05, 0) is 43.7 Å². The van der Waals surface area contributed by atoms with Crippen molar-refractivity contribution in [2.75, 3.05) is 19.0 Å². The summed E-state index contributed by atoms with van der Waals surface area (Å²) in [5.41, 5.74) is 3.28. The van der Waals surface area contributed by atoms with E-state index in [-0.39, 0.29) is 12.5 Å². The fourth-order valence-corrected chi connectivity index (χ4v) is 4.26. The van der Waals surface area contributed by atoms with Crippen molar-refractivity contribution in [3.05, 3.63) is 82.5 Å². The molecule has 4 rings (SSSR count). The van der Waals surface area contributed by atoms with E-state index in [9.17, 15) is 9.59 Å². The highest BCUT2D eigenvalue weighted by atomic mass is 32.1. The zero-order valence-electron chi connectivity index (χ0n) is 19.1. The first-order valence-electron chi connectivity index (χ1n) is 10.7. The quantitative estimate of drug-likeness (QED) is 0.367. The number of rotatable bonds is 8. The molecule has 0 bridgehead atoms. The number of thiazole rings is 1. The van der Waals surface area contributed by atoms with Crippen molar-refractivity contribution >= 4 is 28.3 Å². The number of ether oxygens (including phenoxy) is 2. The summed E-state index contributed by atoms with van der Waals surface area (Å²) < 4.78 is 12.0. The van der Waals surface area contributed by atoms with Crippen LogP contribution < -0.4 is 10.1 Å². The van der Waals surface area contributed by atoms with E-state index in [1.54, 1.807) is 31.8 Å². The van der Waals surface area contributed by atoms with Gasteiger partial charge in [-0.2, -0.15) is 5.10 Å². The molecular formula is C25H24N4O4S. The molecule has 0 radical (unpaired) electrons. The van der Waals surface area contributed by atoms with Crippen LogP contribution in [0.5, 0.6) is 5.75 Å². The molecule has 0 spiro atoms. The van der Waals surface area contributed by atoms with E-state index in [0.717, 1.165) is 22.5 Å². The molecule has 0 unspecified atom stereocenters. The number of aromatic nitrogens is 3. The monoisotopic (exact) mass is 476 g/mol. The Labute approximate surface area is 201 Å². The Morgan fingerprint density at radius 1 is 1.09 bits per heavy atom. The molecule has 2 heterocycles. The van der Waals surface area contributed by atoms with Crippen LogP contribution in [-0.4, -0.2) is 40.4 Å². The lowest BCUT2D eigenvalue weighted by Crippen LogP contribution is -2.12. The predicted molar refractivity (Wildman–Crippen MR) is 131 cm³/mol. The van der Waals surface area contributed by atoms with Crippen LogP contribution in [0.4, 0.5) is 5.13 Å². The number of carbonyl (C=O) groups is 2. The van der Waals surface area contributed by atoms with Crippen LogP contribution in [0.1, 0.15) is 38.2 Å². The summed E-state index contributed by atoms with van der Waals surface area (Å²) in [7, 11) is 1.60. The molecule has 34 heavy (non-hydrogen) atoms. The number of anilines is 1. The van der Waals surface area contributed by atoms with Gasteiger partial charge >= 0.3 is 5.97 Å². The maximum atomic E-state index is 13.3. The van der Waals surface area contributed by atoms with Crippen molar-refractivity contribution in [3.63, 3.8) is 0 Å². The average molecular weight is 477 g/mol. The third-order valence-electron chi connectivity index (χ3n) is 5.04. The van der Waals surface area contributed by atoms with Crippen molar-refractivity contribution in [3.8, 4) is 17.0 Å². The molecule has 0 saturated carbocycles. The Bertz CT molecular complexity index is 1300. The fourth-order valence-electron chi connectivity index (χ4n) is 3.40. The van der Waals surface area contributed by atoms with Gasteiger partial charge in [0.05, 0.1) is 31.5 Å². The topological polar surface area (TPSA) is 95.3 Å². The summed E-state index contributed by atoms with van der Waals surface area (Å²) in [5, 5.41) is 7.82. The minimum absolute atomic E-state index is 0.268.